The van der Waals surface area contributed by atoms with E-state index in [4.69, 9.17) is 0 Å². The number of hydrogen-bond donors (Lipinski definition) is 1. The van der Waals surface area contributed by atoms with Crippen molar-refractivity contribution in [3.05, 3.63) is 88.0 Å². The van der Waals surface area contributed by atoms with E-state index >= 15 is 0 Å². The van der Waals surface area contributed by atoms with Crippen molar-refractivity contribution in [2.45, 2.75) is 26.3 Å². The molecule has 2 heterocycles. The average molecular weight is 416 g/mol. The maximum Gasteiger partial charge on any atom is 0.295 e. The van der Waals surface area contributed by atoms with Gasteiger partial charge in [0.05, 0.1) is 23.8 Å². The van der Waals surface area contributed by atoms with Crippen LogP contribution in [0.1, 0.15) is 36.2 Å². The average Bonchev–Trinajstić information content (AvgIpc) is 2.97. The predicted molar refractivity (Wildman–Crippen MR) is 120 cm³/mol. The van der Waals surface area contributed by atoms with E-state index in [1.807, 2.05) is 60.7 Å². The van der Waals surface area contributed by atoms with Crippen LogP contribution in [0.15, 0.2) is 65.6 Å². The fraction of sp³-hybridized carbons (Fsp3) is 0.208. The highest BCUT2D eigenvalue weighted by Crippen LogP contribution is 2.33. The molecule has 158 valence electrons. The van der Waals surface area contributed by atoms with Crippen LogP contribution in [0.3, 0.4) is 0 Å². The van der Waals surface area contributed by atoms with E-state index in [0.29, 0.717) is 11.4 Å². The number of rotatable bonds is 4. The lowest BCUT2D eigenvalue weighted by atomic mass is 9.93. The van der Waals surface area contributed by atoms with Crippen molar-refractivity contribution in [3.63, 3.8) is 0 Å². The van der Waals surface area contributed by atoms with E-state index in [1.165, 1.54) is 11.6 Å². The van der Waals surface area contributed by atoms with Gasteiger partial charge in [0, 0.05) is 20.2 Å². The Morgan fingerprint density at radius 2 is 1.71 bits per heavy atom. The lowest BCUT2D eigenvalue weighted by molar-refractivity contribution is -0.129. The first-order valence-electron chi connectivity index (χ1n) is 10.1. The molecule has 2 amide bonds. The monoisotopic (exact) mass is 416 g/mol. The Kier molecular flexibility index (Phi) is 5.33. The Morgan fingerprint density at radius 3 is 2.42 bits per heavy atom. The van der Waals surface area contributed by atoms with E-state index in [0.717, 1.165) is 11.1 Å². The van der Waals surface area contributed by atoms with Gasteiger partial charge >= 0.3 is 0 Å². The van der Waals surface area contributed by atoms with Crippen molar-refractivity contribution >= 4 is 23.6 Å². The van der Waals surface area contributed by atoms with Gasteiger partial charge in [-0.05, 0) is 36.3 Å². The van der Waals surface area contributed by atoms with Crippen LogP contribution < -0.4 is 10.9 Å². The van der Waals surface area contributed by atoms with Crippen molar-refractivity contribution in [2.75, 3.05) is 5.32 Å². The molecule has 1 aromatic heterocycles. The van der Waals surface area contributed by atoms with E-state index in [1.54, 1.807) is 29.8 Å². The summed E-state index contributed by atoms with van der Waals surface area (Å²) in [5.74, 6) is -0.474. The van der Waals surface area contributed by atoms with Gasteiger partial charge in [0.1, 0.15) is 5.69 Å². The fourth-order valence-electron chi connectivity index (χ4n) is 3.99. The third kappa shape index (κ3) is 3.70. The molecule has 7 heteroatoms. The number of carbonyl (C=O) groups is 2. The summed E-state index contributed by atoms with van der Waals surface area (Å²) < 4.78 is 3.24. The topological polar surface area (TPSA) is 76.3 Å². The van der Waals surface area contributed by atoms with E-state index in [9.17, 15) is 14.4 Å². The smallest absolute Gasteiger partial charge is 0.295 e. The molecule has 2 aromatic carbocycles. The van der Waals surface area contributed by atoms with Crippen molar-refractivity contribution in [2.24, 2.45) is 7.05 Å². The third-order valence-electron chi connectivity index (χ3n) is 5.67. The quantitative estimate of drug-likeness (QED) is 0.708. The van der Waals surface area contributed by atoms with Gasteiger partial charge in [-0.25, -0.2) is 4.68 Å². The summed E-state index contributed by atoms with van der Waals surface area (Å²) in [5.41, 5.74) is 3.18. The minimum atomic E-state index is -0.431. The summed E-state index contributed by atoms with van der Waals surface area (Å²) in [6.07, 6.45) is 3.61. The second-order valence-corrected chi connectivity index (χ2v) is 7.58. The highest BCUT2D eigenvalue weighted by molar-refractivity contribution is 5.92. The number of fused-ring (bicyclic) bond motifs is 1. The molecule has 1 N–H and O–H groups in total. The van der Waals surface area contributed by atoms with Gasteiger partial charge in [-0.15, -0.1) is 0 Å². The molecule has 0 saturated carbocycles. The molecule has 0 spiro atoms. The molecule has 0 radical (unpaired) electrons. The molecule has 1 aliphatic heterocycles. The minimum Gasteiger partial charge on any atom is -0.320 e. The van der Waals surface area contributed by atoms with Gasteiger partial charge in [-0.2, -0.15) is 0 Å². The summed E-state index contributed by atoms with van der Waals surface area (Å²) in [4.78, 5) is 39.8. The number of nitrogens with zero attached hydrogens (tertiary/aromatic N) is 3. The Hall–Kier alpha value is -3.87. The van der Waals surface area contributed by atoms with Crippen LogP contribution in [-0.4, -0.2) is 26.1 Å². The lowest BCUT2D eigenvalue weighted by Crippen LogP contribution is -2.33. The first-order chi connectivity index (χ1) is 14.9. The van der Waals surface area contributed by atoms with Crippen LogP contribution in [0.2, 0.25) is 0 Å². The van der Waals surface area contributed by atoms with Crippen LogP contribution in [0.4, 0.5) is 5.69 Å². The molecule has 0 unspecified atom stereocenters. The van der Waals surface area contributed by atoms with Crippen molar-refractivity contribution in [3.8, 4) is 5.69 Å². The highest BCUT2D eigenvalue weighted by Gasteiger charge is 2.29. The molecule has 0 fully saturated rings. The Balaban J connectivity index is 1.63. The van der Waals surface area contributed by atoms with E-state index in [2.05, 4.69) is 5.32 Å². The molecule has 1 atom stereocenters. The molecule has 0 aliphatic carbocycles. The van der Waals surface area contributed by atoms with Crippen molar-refractivity contribution < 1.29 is 9.59 Å². The highest BCUT2D eigenvalue weighted by atomic mass is 16.2. The molecule has 0 bridgehead atoms. The van der Waals surface area contributed by atoms with Crippen LogP contribution in [0.25, 0.3) is 11.8 Å². The molecular weight excluding hydrogens is 392 g/mol. The maximum absolute atomic E-state index is 13.1. The van der Waals surface area contributed by atoms with Gasteiger partial charge < -0.3 is 10.2 Å². The molecule has 31 heavy (non-hydrogen) atoms. The first kappa shape index (κ1) is 20.4. The van der Waals surface area contributed by atoms with Crippen molar-refractivity contribution in [1.82, 2.24) is 14.3 Å². The number of amides is 2. The molecular formula is C24H24N4O3. The Labute approximate surface area is 180 Å². The summed E-state index contributed by atoms with van der Waals surface area (Å²) in [7, 11) is 1.78. The first-order valence-corrected chi connectivity index (χ1v) is 10.1. The zero-order valence-corrected chi connectivity index (χ0v) is 17.7. The SMILES string of the molecule is CC(=O)N1C=Cc2ccccc2[C@H]1CC(=O)Nc1c(C)n(C)n(-c2ccccc2)c1=O. The second-order valence-electron chi connectivity index (χ2n) is 7.58. The van der Waals surface area contributed by atoms with Gasteiger partial charge in [-0.3, -0.25) is 19.1 Å². The molecule has 7 nitrogen and oxygen atoms in total. The van der Waals surface area contributed by atoms with Gasteiger partial charge in [0.2, 0.25) is 11.8 Å². The van der Waals surface area contributed by atoms with E-state index in [-0.39, 0.29) is 29.5 Å². The van der Waals surface area contributed by atoms with Crippen molar-refractivity contribution in [1.29, 1.82) is 0 Å². The normalized spacial score (nSPS) is 14.9. The number of hydrogen-bond acceptors (Lipinski definition) is 3. The minimum absolute atomic E-state index is 0.0417. The van der Waals surface area contributed by atoms with Crippen LogP contribution >= 0.6 is 0 Å². The van der Waals surface area contributed by atoms with E-state index < -0.39 is 6.04 Å². The maximum atomic E-state index is 13.1. The number of carbonyl (C=O) groups excluding carboxylic acids is 2. The summed E-state index contributed by atoms with van der Waals surface area (Å²) in [6.45, 7) is 3.26. The number of para-hydroxylation sites is 1. The van der Waals surface area contributed by atoms with Crippen LogP contribution in [0, 0.1) is 6.92 Å². The largest absolute Gasteiger partial charge is 0.320 e. The summed E-state index contributed by atoms with van der Waals surface area (Å²) >= 11 is 0. The Morgan fingerprint density at radius 1 is 1.03 bits per heavy atom. The number of benzene rings is 2. The van der Waals surface area contributed by atoms with Crippen LogP contribution in [-0.2, 0) is 16.6 Å². The summed E-state index contributed by atoms with van der Waals surface area (Å²) in [5, 5.41) is 2.79. The summed E-state index contributed by atoms with van der Waals surface area (Å²) in [6, 6.07) is 16.5. The lowest BCUT2D eigenvalue weighted by Gasteiger charge is -2.32. The second kappa shape index (κ2) is 8.10. The molecule has 4 rings (SSSR count). The van der Waals surface area contributed by atoms with Crippen LogP contribution in [0.5, 0.6) is 0 Å². The molecule has 0 saturated heterocycles. The number of aromatic nitrogens is 2. The Bertz CT molecular complexity index is 1240. The number of anilines is 1. The molecule has 1 aliphatic rings. The fourth-order valence-corrected chi connectivity index (χ4v) is 3.99. The number of nitrogens with one attached hydrogen (secondary N) is 1. The zero-order chi connectivity index (χ0) is 22.1. The zero-order valence-electron chi connectivity index (χ0n) is 17.7. The standard InChI is InChI=1S/C24H24N4O3/c1-16-23(24(31)28(26(16)3)19-10-5-4-6-11-19)25-22(30)15-21-20-12-8-7-9-18(20)13-14-27(21)17(2)29/h4-14,21H,15H2,1-3H3,(H,25,30)/t21-/m1/s1. The van der Waals surface area contributed by atoms with Gasteiger partial charge in [0.15, 0.2) is 0 Å². The molecule has 3 aromatic rings. The van der Waals surface area contributed by atoms with Gasteiger partial charge in [0.25, 0.3) is 5.56 Å². The van der Waals surface area contributed by atoms with Gasteiger partial charge in [-0.1, -0.05) is 42.5 Å². The third-order valence-corrected chi connectivity index (χ3v) is 5.67. The predicted octanol–water partition coefficient (Wildman–Crippen LogP) is 3.39.